The molecule has 0 bridgehead atoms. The molecular formula is C13H18ClNO5S. The first kappa shape index (κ1) is 17.9. The molecule has 1 amide bonds. The van der Waals surface area contributed by atoms with E-state index in [1.807, 2.05) is 11.6 Å². The molecule has 0 radical (unpaired) electrons. The summed E-state index contributed by atoms with van der Waals surface area (Å²) in [7, 11) is -4.01. The molecule has 1 unspecified atom stereocenters. The van der Waals surface area contributed by atoms with E-state index in [4.69, 9.17) is 21.1 Å². The van der Waals surface area contributed by atoms with Gasteiger partial charge >= 0.3 is 0 Å². The van der Waals surface area contributed by atoms with Gasteiger partial charge in [-0.05, 0) is 26.0 Å². The molecule has 1 N–H and O–H groups in total. The summed E-state index contributed by atoms with van der Waals surface area (Å²) in [6, 6.07) is 5.87. The highest BCUT2D eigenvalue weighted by Crippen LogP contribution is 2.20. The molecule has 118 valence electrons. The topological polar surface area (TPSA) is 81.7 Å². The number of carbonyl (C=O) groups excluding carboxylic acids is 1. The summed E-state index contributed by atoms with van der Waals surface area (Å²) >= 11 is 5.81. The van der Waals surface area contributed by atoms with Crippen molar-refractivity contribution >= 4 is 27.5 Å². The molecule has 21 heavy (non-hydrogen) atoms. The lowest BCUT2D eigenvalue weighted by Crippen LogP contribution is -2.39. The zero-order chi connectivity index (χ0) is 15.9. The van der Waals surface area contributed by atoms with Crippen molar-refractivity contribution in [2.75, 3.05) is 19.8 Å². The number of sulfonamides is 1. The highest BCUT2D eigenvalue weighted by molar-refractivity contribution is 7.90. The van der Waals surface area contributed by atoms with E-state index in [0.717, 1.165) is 0 Å². The van der Waals surface area contributed by atoms with Crippen LogP contribution >= 0.6 is 11.6 Å². The van der Waals surface area contributed by atoms with Gasteiger partial charge in [0.15, 0.2) is 0 Å². The van der Waals surface area contributed by atoms with E-state index >= 15 is 0 Å². The number of amides is 1. The van der Waals surface area contributed by atoms with Gasteiger partial charge in [-0.25, -0.2) is 13.1 Å². The maximum Gasteiger partial charge on any atom is 0.265 e. The van der Waals surface area contributed by atoms with E-state index in [1.165, 1.54) is 25.1 Å². The maximum absolute atomic E-state index is 12.0. The molecule has 6 nitrogen and oxygen atoms in total. The summed E-state index contributed by atoms with van der Waals surface area (Å²) in [6.07, 6.45) is -0.914. The van der Waals surface area contributed by atoms with E-state index < -0.39 is 22.0 Å². The Kier molecular flexibility index (Phi) is 7.10. The predicted octanol–water partition coefficient (Wildman–Crippen LogP) is 1.59. The molecule has 0 heterocycles. The van der Waals surface area contributed by atoms with E-state index in [1.54, 1.807) is 6.07 Å². The summed E-state index contributed by atoms with van der Waals surface area (Å²) in [6.45, 7) is 4.39. The van der Waals surface area contributed by atoms with Gasteiger partial charge in [0.2, 0.25) is 0 Å². The number of halogens is 1. The van der Waals surface area contributed by atoms with Crippen LogP contribution in [-0.4, -0.2) is 40.2 Å². The third kappa shape index (κ3) is 5.62. The molecule has 0 aliphatic rings. The van der Waals surface area contributed by atoms with Crippen molar-refractivity contribution in [3.05, 3.63) is 29.3 Å². The van der Waals surface area contributed by atoms with Gasteiger partial charge in [0.1, 0.15) is 11.0 Å². The molecule has 1 rings (SSSR count). The van der Waals surface area contributed by atoms with Gasteiger partial charge in [0, 0.05) is 6.61 Å². The van der Waals surface area contributed by atoms with Crippen LogP contribution in [0.15, 0.2) is 29.2 Å². The molecule has 1 aromatic carbocycles. The second-order valence-corrected chi connectivity index (χ2v) is 6.17. The summed E-state index contributed by atoms with van der Waals surface area (Å²) < 4.78 is 36.3. The number of carbonyl (C=O) groups is 1. The minimum absolute atomic E-state index is 0.0442. The Morgan fingerprint density at radius 1 is 1.33 bits per heavy atom. The Morgan fingerprint density at radius 2 is 2.00 bits per heavy atom. The monoisotopic (exact) mass is 335 g/mol. The van der Waals surface area contributed by atoms with Gasteiger partial charge in [0.05, 0.1) is 18.2 Å². The highest BCUT2D eigenvalue weighted by atomic mass is 35.5. The van der Waals surface area contributed by atoms with E-state index in [-0.39, 0.29) is 16.5 Å². The quantitative estimate of drug-likeness (QED) is 0.729. The van der Waals surface area contributed by atoms with Crippen molar-refractivity contribution < 1.29 is 22.7 Å². The van der Waals surface area contributed by atoms with Gasteiger partial charge < -0.3 is 9.47 Å². The van der Waals surface area contributed by atoms with Crippen LogP contribution in [0.4, 0.5) is 0 Å². The van der Waals surface area contributed by atoms with Crippen LogP contribution in [0, 0.1) is 0 Å². The van der Waals surface area contributed by atoms with Crippen LogP contribution in [0.1, 0.15) is 13.8 Å². The third-order valence-corrected chi connectivity index (χ3v) is 4.38. The average Bonchev–Trinajstić information content (AvgIpc) is 2.43. The summed E-state index contributed by atoms with van der Waals surface area (Å²) in [4.78, 5) is 11.7. The largest absolute Gasteiger partial charge is 0.379 e. The second-order valence-electron chi connectivity index (χ2n) is 4.11. The standard InChI is InChI=1S/C13H18ClNO5S/c1-3-19-8-9-20-10(2)13(16)15-21(17,18)12-7-5-4-6-11(12)14/h4-7,10H,3,8-9H2,1-2H3,(H,15,16). The normalized spacial score (nSPS) is 12.9. The molecule has 1 aromatic rings. The second kappa shape index (κ2) is 8.33. The first-order chi connectivity index (χ1) is 9.88. The Hall–Kier alpha value is -1.15. The fraction of sp³-hybridized carbons (Fsp3) is 0.462. The van der Waals surface area contributed by atoms with Crippen LogP contribution in [-0.2, 0) is 24.3 Å². The summed E-state index contributed by atoms with van der Waals surface area (Å²) in [5.41, 5.74) is 0. The number of benzene rings is 1. The van der Waals surface area contributed by atoms with E-state index in [0.29, 0.717) is 13.2 Å². The fourth-order valence-electron chi connectivity index (χ4n) is 1.44. The average molecular weight is 336 g/mol. The smallest absolute Gasteiger partial charge is 0.265 e. The zero-order valence-corrected chi connectivity index (χ0v) is 13.4. The summed E-state index contributed by atoms with van der Waals surface area (Å²) in [5.74, 6) is -0.758. The number of rotatable bonds is 8. The van der Waals surface area contributed by atoms with Crippen LogP contribution in [0.5, 0.6) is 0 Å². The Bertz CT molecular complexity index is 576. The van der Waals surface area contributed by atoms with Gasteiger partial charge in [-0.3, -0.25) is 4.79 Å². The van der Waals surface area contributed by atoms with E-state index in [2.05, 4.69) is 0 Å². The van der Waals surface area contributed by atoms with Crippen molar-refractivity contribution in [1.82, 2.24) is 4.72 Å². The number of nitrogens with one attached hydrogen (secondary N) is 1. The van der Waals surface area contributed by atoms with Crippen LogP contribution in [0.2, 0.25) is 5.02 Å². The van der Waals surface area contributed by atoms with Crippen LogP contribution in [0.25, 0.3) is 0 Å². The van der Waals surface area contributed by atoms with Crippen molar-refractivity contribution in [3.63, 3.8) is 0 Å². The van der Waals surface area contributed by atoms with Gasteiger partial charge in [-0.15, -0.1) is 0 Å². The first-order valence-electron chi connectivity index (χ1n) is 6.39. The van der Waals surface area contributed by atoms with Gasteiger partial charge in [0.25, 0.3) is 15.9 Å². The highest BCUT2D eigenvalue weighted by Gasteiger charge is 2.23. The molecule has 0 aromatic heterocycles. The van der Waals surface area contributed by atoms with Gasteiger partial charge in [-0.1, -0.05) is 23.7 Å². The summed E-state index contributed by atoms with van der Waals surface area (Å²) in [5, 5.41) is 0.0442. The molecular weight excluding hydrogens is 318 g/mol. The molecule has 0 fully saturated rings. The van der Waals surface area contributed by atoms with Crippen molar-refractivity contribution in [2.45, 2.75) is 24.8 Å². The number of hydrogen-bond acceptors (Lipinski definition) is 5. The molecule has 0 saturated carbocycles. The van der Waals surface area contributed by atoms with Crippen molar-refractivity contribution in [2.24, 2.45) is 0 Å². The predicted molar refractivity (Wildman–Crippen MR) is 78.7 cm³/mol. The minimum atomic E-state index is -4.01. The van der Waals surface area contributed by atoms with Crippen molar-refractivity contribution in [3.8, 4) is 0 Å². The third-order valence-electron chi connectivity index (χ3n) is 2.53. The Labute approximate surface area is 129 Å². The lowest BCUT2D eigenvalue weighted by atomic mass is 10.4. The maximum atomic E-state index is 12.0. The molecule has 0 saturated heterocycles. The zero-order valence-electron chi connectivity index (χ0n) is 11.8. The van der Waals surface area contributed by atoms with Crippen LogP contribution < -0.4 is 4.72 Å². The Morgan fingerprint density at radius 3 is 2.62 bits per heavy atom. The van der Waals surface area contributed by atoms with Gasteiger partial charge in [-0.2, -0.15) is 0 Å². The Balaban J connectivity index is 2.63. The molecule has 0 aliphatic heterocycles. The number of ether oxygens (including phenoxy) is 2. The first-order valence-corrected chi connectivity index (χ1v) is 8.25. The minimum Gasteiger partial charge on any atom is -0.379 e. The van der Waals surface area contributed by atoms with E-state index in [9.17, 15) is 13.2 Å². The van der Waals surface area contributed by atoms with Crippen molar-refractivity contribution in [1.29, 1.82) is 0 Å². The molecule has 8 heteroatoms. The molecule has 1 atom stereocenters. The lowest BCUT2D eigenvalue weighted by Gasteiger charge is -2.14. The fourth-order valence-corrected chi connectivity index (χ4v) is 3.00. The molecule has 0 aliphatic carbocycles. The van der Waals surface area contributed by atoms with Crippen LogP contribution in [0.3, 0.4) is 0 Å². The SMILES string of the molecule is CCOCCOC(C)C(=O)NS(=O)(=O)c1ccccc1Cl. The number of hydrogen-bond donors (Lipinski definition) is 1. The molecule has 0 spiro atoms. The lowest BCUT2D eigenvalue weighted by molar-refractivity contribution is -0.130.